The molecule has 0 atom stereocenters. The van der Waals surface area contributed by atoms with Crippen LogP contribution in [0.15, 0.2) is 48.5 Å². The van der Waals surface area contributed by atoms with Crippen LogP contribution < -0.4 is 14.8 Å². The number of rotatable bonds is 11. The zero-order chi connectivity index (χ0) is 22.9. The highest BCUT2D eigenvalue weighted by Crippen LogP contribution is 2.27. The Hall–Kier alpha value is -3.02. The van der Waals surface area contributed by atoms with Crippen LogP contribution in [-0.2, 0) is 17.8 Å². The molecule has 0 bridgehead atoms. The minimum Gasteiger partial charge on any atom is -0.490 e. The highest BCUT2D eigenvalue weighted by Gasteiger charge is 2.20. The average Bonchev–Trinajstić information content (AvgIpc) is 3.21. The lowest BCUT2D eigenvalue weighted by atomic mass is 9.89. The lowest BCUT2D eigenvalue weighted by molar-refractivity contribution is -0.125. The van der Waals surface area contributed by atoms with Crippen molar-refractivity contribution >= 4 is 16.9 Å². The molecule has 0 spiro atoms. The zero-order valence-electron chi connectivity index (χ0n) is 19.6. The normalized spacial score (nSPS) is 14.3. The quantitative estimate of drug-likeness (QED) is 0.412. The van der Waals surface area contributed by atoms with Crippen molar-refractivity contribution in [2.24, 2.45) is 5.92 Å². The Kier molecular flexibility index (Phi) is 8.23. The molecule has 1 aliphatic carbocycles. The molecule has 1 aromatic heterocycles. The van der Waals surface area contributed by atoms with E-state index in [9.17, 15) is 4.79 Å². The summed E-state index contributed by atoms with van der Waals surface area (Å²) in [5, 5.41) is 3.14. The number of amides is 1. The number of nitrogens with one attached hydrogen (secondary N) is 1. The highest BCUT2D eigenvalue weighted by atomic mass is 16.5. The predicted molar refractivity (Wildman–Crippen MR) is 131 cm³/mol. The molecule has 1 heterocycles. The second kappa shape index (κ2) is 11.7. The smallest absolute Gasteiger partial charge is 0.223 e. The van der Waals surface area contributed by atoms with Crippen LogP contribution in [0.5, 0.6) is 11.5 Å². The first-order valence-electron chi connectivity index (χ1n) is 12.3. The monoisotopic (exact) mass is 449 g/mol. The minimum atomic E-state index is 0.208. The molecule has 176 valence electrons. The van der Waals surface area contributed by atoms with Crippen LogP contribution in [0.25, 0.3) is 11.0 Å². The molecular weight excluding hydrogens is 414 g/mol. The molecule has 0 radical (unpaired) electrons. The molecule has 1 N–H and O–H groups in total. The van der Waals surface area contributed by atoms with Gasteiger partial charge in [0, 0.05) is 18.9 Å². The minimum absolute atomic E-state index is 0.208. The molecule has 1 amide bonds. The zero-order valence-corrected chi connectivity index (χ0v) is 19.6. The summed E-state index contributed by atoms with van der Waals surface area (Å²) in [7, 11) is 0. The summed E-state index contributed by atoms with van der Waals surface area (Å²) < 4.78 is 14.0. The van der Waals surface area contributed by atoms with E-state index in [-0.39, 0.29) is 11.8 Å². The number of ether oxygens (including phenoxy) is 2. The number of carbonyl (C=O) groups is 1. The van der Waals surface area contributed by atoms with E-state index in [0.29, 0.717) is 26.3 Å². The summed E-state index contributed by atoms with van der Waals surface area (Å²) in [5.41, 5.74) is 2.11. The van der Waals surface area contributed by atoms with E-state index in [4.69, 9.17) is 14.5 Å². The summed E-state index contributed by atoms with van der Waals surface area (Å²) in [6.07, 6.45) is 7.38. The van der Waals surface area contributed by atoms with Gasteiger partial charge in [-0.2, -0.15) is 0 Å². The van der Waals surface area contributed by atoms with Gasteiger partial charge >= 0.3 is 0 Å². The first-order chi connectivity index (χ1) is 16.3. The number of para-hydroxylation sites is 4. The standard InChI is InChI=1S/C27H35N3O3/c1-2-32-24-15-8-9-16-25(24)33-20-19-30-23-14-7-6-13-22(23)29-26(30)17-10-18-28-27(31)21-11-4-3-5-12-21/h6-9,13-16,21H,2-5,10-12,17-20H2,1H3,(H,28,31). The molecule has 1 fully saturated rings. The van der Waals surface area contributed by atoms with Gasteiger partial charge in [-0.15, -0.1) is 0 Å². The van der Waals surface area contributed by atoms with Crippen molar-refractivity contribution in [3.05, 3.63) is 54.4 Å². The van der Waals surface area contributed by atoms with Crippen LogP contribution >= 0.6 is 0 Å². The van der Waals surface area contributed by atoms with E-state index in [1.165, 1.54) is 19.3 Å². The van der Waals surface area contributed by atoms with Crippen molar-refractivity contribution in [3.63, 3.8) is 0 Å². The number of hydrogen-bond acceptors (Lipinski definition) is 4. The fraction of sp³-hybridized carbons (Fsp3) is 0.481. The lowest BCUT2D eigenvalue weighted by Gasteiger charge is -2.20. The summed E-state index contributed by atoms with van der Waals surface area (Å²) >= 11 is 0. The topological polar surface area (TPSA) is 65.4 Å². The van der Waals surface area contributed by atoms with Gasteiger partial charge in [0.05, 0.1) is 24.2 Å². The number of imidazole rings is 1. The predicted octanol–water partition coefficient (Wildman–Crippen LogP) is 5.14. The first kappa shape index (κ1) is 23.1. The third kappa shape index (κ3) is 6.06. The van der Waals surface area contributed by atoms with Crippen LogP contribution in [0.4, 0.5) is 0 Å². The molecule has 6 nitrogen and oxygen atoms in total. The lowest BCUT2D eigenvalue weighted by Crippen LogP contribution is -2.32. The van der Waals surface area contributed by atoms with Gasteiger partial charge in [0.15, 0.2) is 11.5 Å². The highest BCUT2D eigenvalue weighted by molar-refractivity contribution is 5.78. The SMILES string of the molecule is CCOc1ccccc1OCCn1c(CCCNC(=O)C2CCCCC2)nc2ccccc21. The Morgan fingerprint density at radius 2 is 1.76 bits per heavy atom. The molecule has 0 saturated heterocycles. The summed E-state index contributed by atoms with van der Waals surface area (Å²) in [5.74, 6) is 2.99. The van der Waals surface area contributed by atoms with Crippen LogP contribution in [0.2, 0.25) is 0 Å². The first-order valence-corrected chi connectivity index (χ1v) is 12.3. The van der Waals surface area contributed by atoms with Gasteiger partial charge in [-0.25, -0.2) is 4.98 Å². The van der Waals surface area contributed by atoms with E-state index in [2.05, 4.69) is 16.0 Å². The fourth-order valence-corrected chi connectivity index (χ4v) is 4.62. The largest absolute Gasteiger partial charge is 0.490 e. The Labute approximate surface area is 196 Å². The number of aryl methyl sites for hydroxylation is 1. The van der Waals surface area contributed by atoms with E-state index in [1.807, 2.05) is 49.4 Å². The summed E-state index contributed by atoms with van der Waals surface area (Å²) in [6, 6.07) is 16.0. The summed E-state index contributed by atoms with van der Waals surface area (Å²) in [4.78, 5) is 17.3. The van der Waals surface area contributed by atoms with Gasteiger partial charge in [0.25, 0.3) is 0 Å². The maximum Gasteiger partial charge on any atom is 0.223 e. The molecular formula is C27H35N3O3. The molecule has 1 aliphatic rings. The fourth-order valence-electron chi connectivity index (χ4n) is 4.62. The Morgan fingerprint density at radius 3 is 2.55 bits per heavy atom. The molecule has 33 heavy (non-hydrogen) atoms. The molecule has 6 heteroatoms. The maximum absolute atomic E-state index is 12.4. The van der Waals surface area contributed by atoms with Crippen molar-refractivity contribution in [2.75, 3.05) is 19.8 Å². The third-order valence-corrected chi connectivity index (χ3v) is 6.31. The molecule has 1 saturated carbocycles. The van der Waals surface area contributed by atoms with Crippen LogP contribution in [0.3, 0.4) is 0 Å². The molecule has 3 aromatic rings. The van der Waals surface area contributed by atoms with E-state index >= 15 is 0 Å². The molecule has 4 rings (SSSR count). The van der Waals surface area contributed by atoms with E-state index < -0.39 is 0 Å². The van der Waals surface area contributed by atoms with Gasteiger partial charge in [0.1, 0.15) is 12.4 Å². The second-order valence-corrected chi connectivity index (χ2v) is 8.63. The average molecular weight is 450 g/mol. The van der Waals surface area contributed by atoms with Gasteiger partial charge in [-0.05, 0) is 50.5 Å². The van der Waals surface area contributed by atoms with Crippen molar-refractivity contribution in [1.29, 1.82) is 0 Å². The van der Waals surface area contributed by atoms with Crippen molar-refractivity contribution in [3.8, 4) is 11.5 Å². The molecule has 0 unspecified atom stereocenters. The summed E-state index contributed by atoms with van der Waals surface area (Å²) in [6.45, 7) is 4.49. The van der Waals surface area contributed by atoms with E-state index in [0.717, 1.165) is 54.0 Å². The number of benzene rings is 2. The number of fused-ring (bicyclic) bond motifs is 1. The van der Waals surface area contributed by atoms with Gasteiger partial charge in [-0.1, -0.05) is 43.5 Å². The van der Waals surface area contributed by atoms with Crippen LogP contribution in [0, 0.1) is 5.92 Å². The maximum atomic E-state index is 12.4. The van der Waals surface area contributed by atoms with Crippen molar-refractivity contribution in [1.82, 2.24) is 14.9 Å². The van der Waals surface area contributed by atoms with E-state index in [1.54, 1.807) is 0 Å². The third-order valence-electron chi connectivity index (χ3n) is 6.31. The Bertz CT molecular complexity index is 1040. The molecule has 2 aromatic carbocycles. The second-order valence-electron chi connectivity index (χ2n) is 8.63. The van der Waals surface area contributed by atoms with Crippen molar-refractivity contribution in [2.45, 2.75) is 58.4 Å². The van der Waals surface area contributed by atoms with Crippen molar-refractivity contribution < 1.29 is 14.3 Å². The van der Waals surface area contributed by atoms with Crippen LogP contribution in [-0.4, -0.2) is 35.2 Å². The number of carbonyl (C=O) groups excluding carboxylic acids is 1. The molecule has 0 aliphatic heterocycles. The van der Waals surface area contributed by atoms with Gasteiger partial charge in [-0.3, -0.25) is 4.79 Å². The number of aromatic nitrogens is 2. The van der Waals surface area contributed by atoms with Gasteiger partial charge < -0.3 is 19.4 Å². The van der Waals surface area contributed by atoms with Gasteiger partial charge in [0.2, 0.25) is 5.91 Å². The number of hydrogen-bond donors (Lipinski definition) is 1. The Balaban J connectivity index is 1.35. The van der Waals surface area contributed by atoms with Crippen LogP contribution in [0.1, 0.15) is 51.3 Å². The Morgan fingerprint density at radius 1 is 1.03 bits per heavy atom. The number of nitrogens with zero attached hydrogens (tertiary/aromatic N) is 2.